The molecule has 0 aromatic carbocycles. The average molecular weight is 513 g/mol. The van der Waals surface area contributed by atoms with Crippen LogP contribution >= 0.6 is 0 Å². The molecule has 0 rings (SSSR count). The molecule has 0 aliphatic rings. The predicted molar refractivity (Wildman–Crippen MR) is 146 cm³/mol. The fourth-order valence-corrected chi connectivity index (χ4v) is 4.76. The predicted octanol–water partition coefficient (Wildman–Crippen LogP) is 8.55. The van der Waals surface area contributed by atoms with Crippen LogP contribution in [0, 0.1) is 10.8 Å². The fraction of sp³-hybridized carbons (Fsp3) is 0.900. The number of aliphatic carboxylic acids is 2. The van der Waals surface area contributed by atoms with Crippen LogP contribution in [0.4, 0.5) is 0 Å². The highest BCUT2D eigenvalue weighted by molar-refractivity contribution is 5.80. The number of unbranched alkanes of at least 4 members (excludes halogenated alkanes) is 14. The van der Waals surface area contributed by atoms with Gasteiger partial charge >= 0.3 is 17.9 Å². The van der Waals surface area contributed by atoms with Crippen molar-refractivity contribution in [3.8, 4) is 0 Å². The monoisotopic (exact) mass is 512 g/mol. The Morgan fingerprint density at radius 2 is 1.00 bits per heavy atom. The molecule has 0 aliphatic heterocycles. The molecule has 0 spiro atoms. The van der Waals surface area contributed by atoms with Crippen molar-refractivity contribution in [2.45, 2.75) is 163 Å². The van der Waals surface area contributed by atoms with Crippen LogP contribution in [-0.4, -0.2) is 34.2 Å². The van der Waals surface area contributed by atoms with Gasteiger partial charge < -0.3 is 14.9 Å². The summed E-state index contributed by atoms with van der Waals surface area (Å²) >= 11 is 0. The molecule has 0 saturated heterocycles. The van der Waals surface area contributed by atoms with E-state index in [-0.39, 0.29) is 0 Å². The quantitative estimate of drug-likeness (QED) is 0.105. The third-order valence-corrected chi connectivity index (χ3v) is 7.22. The Morgan fingerprint density at radius 1 is 0.639 bits per heavy atom. The molecule has 6 heteroatoms. The maximum atomic E-state index is 12.8. The van der Waals surface area contributed by atoms with Crippen LogP contribution in [0.5, 0.6) is 0 Å². The first-order valence-corrected chi connectivity index (χ1v) is 14.7. The van der Waals surface area contributed by atoms with Crippen LogP contribution in [0.15, 0.2) is 0 Å². The number of carbonyl (C=O) groups excluding carboxylic acids is 1. The van der Waals surface area contributed by atoms with E-state index in [2.05, 4.69) is 13.8 Å². The van der Waals surface area contributed by atoms with Crippen molar-refractivity contribution in [1.29, 1.82) is 0 Å². The van der Waals surface area contributed by atoms with Gasteiger partial charge in [0.25, 0.3) is 0 Å². The van der Waals surface area contributed by atoms with Crippen LogP contribution in [0.1, 0.15) is 157 Å². The van der Waals surface area contributed by atoms with E-state index in [0.29, 0.717) is 25.7 Å². The molecule has 1 atom stereocenters. The number of ether oxygens (including phenoxy) is 1. The topological polar surface area (TPSA) is 101 Å². The van der Waals surface area contributed by atoms with Gasteiger partial charge in [-0.1, -0.05) is 117 Å². The second-order valence-corrected chi connectivity index (χ2v) is 11.7. The third kappa shape index (κ3) is 14.8. The lowest BCUT2D eigenvalue weighted by Gasteiger charge is -2.37. The molecule has 212 valence electrons. The Kier molecular flexibility index (Phi) is 18.7. The van der Waals surface area contributed by atoms with Crippen LogP contribution in [-0.2, 0) is 19.1 Å². The fourth-order valence-electron chi connectivity index (χ4n) is 4.76. The molecule has 0 saturated carbocycles. The van der Waals surface area contributed by atoms with E-state index >= 15 is 0 Å². The molecule has 0 heterocycles. The van der Waals surface area contributed by atoms with Gasteiger partial charge in [0.15, 0.2) is 0 Å². The van der Waals surface area contributed by atoms with Crippen molar-refractivity contribution in [2.24, 2.45) is 10.8 Å². The summed E-state index contributed by atoms with van der Waals surface area (Å²) in [5.41, 5.74) is -2.21. The molecule has 0 aromatic rings. The van der Waals surface area contributed by atoms with E-state index in [0.717, 1.165) is 38.5 Å². The summed E-state index contributed by atoms with van der Waals surface area (Å²) in [5, 5.41) is 20.0. The Bertz CT molecular complexity index is 587. The summed E-state index contributed by atoms with van der Waals surface area (Å²) in [5.74, 6) is -2.73. The first kappa shape index (κ1) is 34.4. The van der Waals surface area contributed by atoms with Gasteiger partial charge in [-0.15, -0.1) is 0 Å². The minimum atomic E-state index is -1.37. The zero-order chi connectivity index (χ0) is 27.5. The minimum Gasteiger partial charge on any atom is -0.481 e. The van der Waals surface area contributed by atoms with Crippen LogP contribution in [0.25, 0.3) is 0 Å². The third-order valence-electron chi connectivity index (χ3n) is 7.22. The maximum Gasteiger partial charge on any atom is 0.313 e. The Balaban J connectivity index is 5.39. The van der Waals surface area contributed by atoms with Crippen molar-refractivity contribution in [1.82, 2.24) is 0 Å². The van der Waals surface area contributed by atoms with Gasteiger partial charge in [0, 0.05) is 0 Å². The lowest BCUT2D eigenvalue weighted by Crippen LogP contribution is -2.47. The number of esters is 1. The smallest absolute Gasteiger partial charge is 0.313 e. The van der Waals surface area contributed by atoms with Gasteiger partial charge in [0.1, 0.15) is 11.5 Å². The van der Waals surface area contributed by atoms with Gasteiger partial charge in [-0.2, -0.15) is 0 Å². The molecule has 0 aromatic heterocycles. The van der Waals surface area contributed by atoms with Gasteiger partial charge in [0.05, 0.1) is 11.8 Å². The van der Waals surface area contributed by atoms with Crippen LogP contribution in [0.3, 0.4) is 0 Å². The van der Waals surface area contributed by atoms with E-state index in [1.165, 1.54) is 51.4 Å². The standard InChI is InChI=1S/C30H56O6/c1-6-8-10-12-14-16-18-20-22-30(27(33)34,23-21-19-17-15-13-11-9-7-2)25(24-26(31)32)36-28(35)29(3,4)5/h25H,6-24H2,1-5H3,(H,31,32)(H,33,34). The number of carbonyl (C=O) groups is 3. The molecule has 36 heavy (non-hydrogen) atoms. The Hall–Kier alpha value is -1.59. The van der Waals surface area contributed by atoms with Gasteiger partial charge in [0.2, 0.25) is 0 Å². The first-order valence-electron chi connectivity index (χ1n) is 14.7. The van der Waals surface area contributed by atoms with E-state index in [4.69, 9.17) is 4.74 Å². The van der Waals surface area contributed by atoms with Crippen molar-refractivity contribution in [2.75, 3.05) is 0 Å². The highest BCUT2D eigenvalue weighted by Gasteiger charge is 2.49. The number of hydrogen-bond donors (Lipinski definition) is 2. The van der Waals surface area contributed by atoms with Crippen LogP contribution < -0.4 is 0 Å². The van der Waals surface area contributed by atoms with Gasteiger partial charge in [-0.05, 0) is 33.6 Å². The molecule has 2 N–H and O–H groups in total. The van der Waals surface area contributed by atoms with Crippen molar-refractivity contribution in [3.63, 3.8) is 0 Å². The minimum absolute atomic E-state index is 0.336. The zero-order valence-corrected chi connectivity index (χ0v) is 24.0. The largest absolute Gasteiger partial charge is 0.481 e. The Morgan fingerprint density at radius 3 is 1.31 bits per heavy atom. The highest BCUT2D eigenvalue weighted by Crippen LogP contribution is 2.40. The second-order valence-electron chi connectivity index (χ2n) is 11.7. The van der Waals surface area contributed by atoms with E-state index < -0.39 is 41.3 Å². The molecule has 0 radical (unpaired) electrons. The summed E-state index contributed by atoms with van der Waals surface area (Å²) in [6, 6.07) is 0. The SMILES string of the molecule is CCCCCCCCCCC(CCCCCCCCCC)(C(=O)O)C(CC(=O)O)OC(=O)C(C)(C)C. The molecular weight excluding hydrogens is 456 g/mol. The number of carboxylic acid groups (broad SMARTS) is 2. The molecule has 0 fully saturated rings. The van der Waals surface area contributed by atoms with Gasteiger partial charge in [-0.3, -0.25) is 14.4 Å². The van der Waals surface area contributed by atoms with Crippen LogP contribution in [0.2, 0.25) is 0 Å². The molecule has 0 bridgehead atoms. The molecular formula is C30H56O6. The normalized spacial score (nSPS) is 12.9. The first-order chi connectivity index (χ1) is 17.0. The average Bonchev–Trinajstić information content (AvgIpc) is 2.79. The number of carboxylic acids is 2. The maximum absolute atomic E-state index is 12.8. The van der Waals surface area contributed by atoms with Crippen molar-refractivity contribution >= 4 is 17.9 Å². The lowest BCUT2D eigenvalue weighted by molar-refractivity contribution is -0.179. The van der Waals surface area contributed by atoms with Gasteiger partial charge in [-0.25, -0.2) is 0 Å². The van der Waals surface area contributed by atoms with Crippen molar-refractivity contribution in [3.05, 3.63) is 0 Å². The molecule has 0 aliphatic carbocycles. The summed E-state index contributed by atoms with van der Waals surface area (Å²) in [6.45, 7) is 9.49. The summed E-state index contributed by atoms with van der Waals surface area (Å²) in [7, 11) is 0. The summed E-state index contributed by atoms with van der Waals surface area (Å²) in [4.78, 5) is 37.2. The van der Waals surface area contributed by atoms with E-state index in [9.17, 15) is 24.6 Å². The second kappa shape index (κ2) is 19.5. The number of hydrogen-bond acceptors (Lipinski definition) is 4. The summed E-state index contributed by atoms with van der Waals surface area (Å²) in [6.07, 6.45) is 16.3. The van der Waals surface area contributed by atoms with E-state index in [1.807, 2.05) is 0 Å². The zero-order valence-electron chi connectivity index (χ0n) is 24.0. The lowest BCUT2D eigenvalue weighted by atomic mass is 9.72. The highest BCUT2D eigenvalue weighted by atomic mass is 16.5. The van der Waals surface area contributed by atoms with E-state index in [1.54, 1.807) is 20.8 Å². The number of rotatable bonds is 23. The Labute approximate surface area is 221 Å². The molecule has 1 unspecified atom stereocenters. The molecule has 6 nitrogen and oxygen atoms in total. The van der Waals surface area contributed by atoms with Crippen molar-refractivity contribution < 1.29 is 29.3 Å². The summed E-state index contributed by atoms with van der Waals surface area (Å²) < 4.78 is 5.70. The molecule has 0 amide bonds.